The van der Waals surface area contributed by atoms with E-state index in [0.29, 0.717) is 10.8 Å². The van der Waals surface area contributed by atoms with Gasteiger partial charge in [-0.15, -0.1) is 0 Å². The predicted molar refractivity (Wildman–Crippen MR) is 83.3 cm³/mol. The lowest BCUT2D eigenvalue weighted by Gasteiger charge is -2.23. The maximum atomic E-state index is 4.48. The fourth-order valence-electron chi connectivity index (χ4n) is 3.30. The van der Waals surface area contributed by atoms with E-state index in [4.69, 9.17) is 0 Å². The van der Waals surface area contributed by atoms with Gasteiger partial charge in [-0.3, -0.25) is 0 Å². The molecule has 0 aliphatic carbocycles. The Hall–Kier alpha value is -1.32. The number of anilines is 2. The van der Waals surface area contributed by atoms with Crippen LogP contribution in [0.15, 0.2) is 12.4 Å². The van der Waals surface area contributed by atoms with E-state index in [-0.39, 0.29) is 0 Å². The molecular formula is C16H26N4. The van der Waals surface area contributed by atoms with Crippen molar-refractivity contribution in [2.24, 2.45) is 10.8 Å². The van der Waals surface area contributed by atoms with E-state index in [9.17, 15) is 0 Å². The molecule has 2 aliphatic rings. The lowest BCUT2D eigenvalue weighted by Crippen LogP contribution is -2.26. The molecule has 3 rings (SSSR count). The third-order valence-corrected chi connectivity index (χ3v) is 4.64. The summed E-state index contributed by atoms with van der Waals surface area (Å²) < 4.78 is 0. The van der Waals surface area contributed by atoms with Crippen LogP contribution >= 0.6 is 0 Å². The maximum Gasteiger partial charge on any atom is 0.134 e. The zero-order valence-electron chi connectivity index (χ0n) is 13.2. The van der Waals surface area contributed by atoms with Crippen LogP contribution in [0, 0.1) is 10.8 Å². The van der Waals surface area contributed by atoms with Crippen molar-refractivity contribution in [2.75, 3.05) is 36.0 Å². The van der Waals surface area contributed by atoms with Crippen LogP contribution in [0.3, 0.4) is 0 Å². The average Bonchev–Trinajstić information content (AvgIpc) is 2.92. The van der Waals surface area contributed by atoms with Crippen LogP contribution in [0.25, 0.3) is 0 Å². The van der Waals surface area contributed by atoms with E-state index in [1.807, 2.05) is 0 Å². The Morgan fingerprint density at radius 3 is 1.65 bits per heavy atom. The molecule has 110 valence electrons. The molecule has 0 radical (unpaired) electrons. The van der Waals surface area contributed by atoms with Crippen molar-refractivity contribution < 1.29 is 0 Å². The van der Waals surface area contributed by atoms with Crippen LogP contribution in [0.5, 0.6) is 0 Å². The molecule has 3 heterocycles. The van der Waals surface area contributed by atoms with E-state index in [0.717, 1.165) is 37.8 Å². The monoisotopic (exact) mass is 274 g/mol. The predicted octanol–water partition coefficient (Wildman–Crippen LogP) is 2.95. The lowest BCUT2D eigenvalue weighted by atomic mass is 9.93. The number of aromatic nitrogens is 2. The van der Waals surface area contributed by atoms with Crippen LogP contribution in [-0.2, 0) is 0 Å². The quantitative estimate of drug-likeness (QED) is 0.830. The van der Waals surface area contributed by atoms with E-state index in [1.54, 1.807) is 6.33 Å². The smallest absolute Gasteiger partial charge is 0.134 e. The Morgan fingerprint density at radius 1 is 0.850 bits per heavy atom. The summed E-state index contributed by atoms with van der Waals surface area (Å²) in [7, 11) is 0. The maximum absolute atomic E-state index is 4.48. The minimum absolute atomic E-state index is 0.404. The third-order valence-electron chi connectivity index (χ3n) is 4.64. The molecule has 0 unspecified atom stereocenters. The molecule has 0 N–H and O–H groups in total. The second kappa shape index (κ2) is 4.61. The summed E-state index contributed by atoms with van der Waals surface area (Å²) in [5.74, 6) is 2.18. The average molecular weight is 274 g/mol. The van der Waals surface area contributed by atoms with E-state index < -0.39 is 0 Å². The Balaban J connectivity index is 1.77. The lowest BCUT2D eigenvalue weighted by molar-refractivity contribution is 0.418. The SMILES string of the molecule is CC1(C)CCN(c2cc(N3CCC(C)(C)C3)ncn2)C1. The summed E-state index contributed by atoms with van der Waals surface area (Å²) in [5.41, 5.74) is 0.807. The summed E-state index contributed by atoms with van der Waals surface area (Å²) in [4.78, 5) is 13.8. The van der Waals surface area contributed by atoms with Crippen molar-refractivity contribution in [1.82, 2.24) is 9.97 Å². The Kier molecular flexibility index (Phi) is 3.14. The largest absolute Gasteiger partial charge is 0.356 e. The molecule has 2 fully saturated rings. The third kappa shape index (κ3) is 2.74. The zero-order valence-corrected chi connectivity index (χ0v) is 13.2. The first-order valence-corrected chi connectivity index (χ1v) is 7.67. The summed E-state index contributed by atoms with van der Waals surface area (Å²) in [6.45, 7) is 13.7. The van der Waals surface area contributed by atoms with Gasteiger partial charge in [0.15, 0.2) is 0 Å². The van der Waals surface area contributed by atoms with Crippen molar-refractivity contribution in [1.29, 1.82) is 0 Å². The molecule has 1 aromatic heterocycles. The minimum Gasteiger partial charge on any atom is -0.356 e. The fourth-order valence-corrected chi connectivity index (χ4v) is 3.30. The van der Waals surface area contributed by atoms with Crippen LogP contribution in [0.2, 0.25) is 0 Å². The first-order chi connectivity index (χ1) is 9.35. The van der Waals surface area contributed by atoms with Gasteiger partial charge in [0.25, 0.3) is 0 Å². The molecular weight excluding hydrogens is 248 g/mol. The Morgan fingerprint density at radius 2 is 1.30 bits per heavy atom. The second-order valence-corrected chi connectivity index (χ2v) is 7.91. The van der Waals surface area contributed by atoms with Crippen LogP contribution in [-0.4, -0.2) is 36.1 Å². The Bertz CT molecular complexity index is 454. The molecule has 4 heteroatoms. The van der Waals surface area contributed by atoms with Crippen molar-refractivity contribution in [3.63, 3.8) is 0 Å². The van der Waals surface area contributed by atoms with Crippen LogP contribution < -0.4 is 9.80 Å². The van der Waals surface area contributed by atoms with Crippen LogP contribution in [0.4, 0.5) is 11.6 Å². The summed E-state index contributed by atoms with van der Waals surface area (Å²) >= 11 is 0. The number of nitrogens with zero attached hydrogens (tertiary/aromatic N) is 4. The topological polar surface area (TPSA) is 32.3 Å². The molecule has 2 aliphatic heterocycles. The minimum atomic E-state index is 0.404. The standard InChI is InChI=1S/C16H26N4/c1-15(2)5-7-19(10-15)13-9-14(18-12-17-13)20-8-6-16(3,4)11-20/h9,12H,5-8,10-11H2,1-4H3. The van der Waals surface area contributed by atoms with Crippen molar-refractivity contribution in [3.8, 4) is 0 Å². The fraction of sp³-hybridized carbons (Fsp3) is 0.750. The van der Waals surface area contributed by atoms with Gasteiger partial charge in [0.1, 0.15) is 18.0 Å². The highest BCUT2D eigenvalue weighted by Crippen LogP contribution is 2.34. The van der Waals surface area contributed by atoms with Gasteiger partial charge < -0.3 is 9.80 Å². The van der Waals surface area contributed by atoms with Gasteiger partial charge in [0.2, 0.25) is 0 Å². The first-order valence-electron chi connectivity index (χ1n) is 7.67. The molecule has 0 atom stereocenters. The highest BCUT2D eigenvalue weighted by Gasteiger charge is 2.32. The first kappa shape index (κ1) is 13.7. The van der Waals surface area contributed by atoms with E-state index in [2.05, 4.69) is 53.5 Å². The molecule has 0 bridgehead atoms. The molecule has 20 heavy (non-hydrogen) atoms. The van der Waals surface area contributed by atoms with E-state index in [1.165, 1.54) is 12.8 Å². The highest BCUT2D eigenvalue weighted by atomic mass is 15.3. The molecule has 2 saturated heterocycles. The molecule has 4 nitrogen and oxygen atoms in total. The zero-order chi connectivity index (χ0) is 14.4. The summed E-state index contributed by atoms with van der Waals surface area (Å²) in [6.07, 6.45) is 4.20. The van der Waals surface area contributed by atoms with Gasteiger partial charge in [0.05, 0.1) is 0 Å². The second-order valence-electron chi connectivity index (χ2n) is 7.91. The number of hydrogen-bond acceptors (Lipinski definition) is 4. The van der Waals surface area contributed by atoms with Gasteiger partial charge in [-0.05, 0) is 23.7 Å². The molecule has 1 aromatic rings. The van der Waals surface area contributed by atoms with Crippen LogP contribution in [0.1, 0.15) is 40.5 Å². The van der Waals surface area contributed by atoms with Crippen molar-refractivity contribution in [2.45, 2.75) is 40.5 Å². The molecule has 0 amide bonds. The van der Waals surface area contributed by atoms with Gasteiger partial charge >= 0.3 is 0 Å². The molecule has 0 aromatic carbocycles. The highest BCUT2D eigenvalue weighted by molar-refractivity contribution is 5.51. The van der Waals surface area contributed by atoms with Gasteiger partial charge in [-0.25, -0.2) is 9.97 Å². The van der Waals surface area contributed by atoms with Crippen molar-refractivity contribution >= 4 is 11.6 Å². The number of hydrogen-bond donors (Lipinski definition) is 0. The van der Waals surface area contributed by atoms with Gasteiger partial charge in [-0.2, -0.15) is 0 Å². The summed E-state index contributed by atoms with van der Waals surface area (Å²) in [5, 5.41) is 0. The molecule has 0 spiro atoms. The van der Waals surface area contributed by atoms with Crippen molar-refractivity contribution in [3.05, 3.63) is 12.4 Å². The molecule has 0 saturated carbocycles. The normalized spacial score (nSPS) is 24.4. The summed E-state index contributed by atoms with van der Waals surface area (Å²) in [6, 6.07) is 2.17. The van der Waals surface area contributed by atoms with Gasteiger partial charge in [-0.1, -0.05) is 27.7 Å². The van der Waals surface area contributed by atoms with Gasteiger partial charge in [0, 0.05) is 32.2 Å². The Labute approximate surface area is 122 Å². The van der Waals surface area contributed by atoms with E-state index >= 15 is 0 Å². The number of rotatable bonds is 2.